The molecule has 0 bridgehead atoms. The summed E-state index contributed by atoms with van der Waals surface area (Å²) in [5.41, 5.74) is -2.74. The van der Waals surface area contributed by atoms with Crippen LogP contribution >= 0.6 is 7.82 Å². The Balaban J connectivity index is -0.0000000524. The molecule has 27 heteroatoms. The Morgan fingerprint density at radius 3 is 0.919 bits per heavy atom. The Kier molecular flexibility index (Phi) is 45.1. The zero-order chi connectivity index (χ0) is 28.0. The SMILES string of the molecule is O=C(O)C(O)C(O)C(=O)O.O=C(O)CC(O)(CC(=O)O)C(=O)O.O=P(O)(O)O.O=S(=O)(O)O.[CaH2].[CaH2].[CaH2].[CaH2]. The Bertz CT molecular complexity index is 792. The van der Waals surface area contributed by atoms with E-state index < -0.39 is 78.7 Å². The van der Waals surface area contributed by atoms with Crippen molar-refractivity contribution in [1.82, 2.24) is 0 Å². The van der Waals surface area contributed by atoms with Crippen LogP contribution in [0.1, 0.15) is 12.8 Å². The molecule has 21 nitrogen and oxygen atoms in total. The number of rotatable bonds is 8. The topological polar surface area (TPSA) is 400 Å². The molecule has 0 rings (SSSR count). The molecule has 0 aromatic rings. The molecule has 0 saturated carbocycles. The fourth-order valence-electron chi connectivity index (χ4n) is 0.984. The van der Waals surface area contributed by atoms with Crippen LogP contribution in [-0.4, -0.2) is 272 Å². The summed E-state index contributed by atoms with van der Waals surface area (Å²) in [6.07, 6.45) is -6.82. The molecule has 0 aliphatic heterocycles. The molecule has 0 amide bonds. The van der Waals surface area contributed by atoms with Crippen LogP contribution in [0, 0.1) is 0 Å². The Hall–Kier alpha value is 2.25. The first-order valence-electron chi connectivity index (χ1n) is 6.93. The van der Waals surface area contributed by atoms with E-state index in [1.54, 1.807) is 0 Å². The number of aliphatic hydroxyl groups is 3. The molecule has 13 N–H and O–H groups in total. The second kappa shape index (κ2) is 28.4. The Morgan fingerprint density at radius 2 is 0.838 bits per heavy atom. The molecular formula is C10H27Ca4O21PS. The van der Waals surface area contributed by atoms with Crippen molar-refractivity contribution in [2.45, 2.75) is 30.7 Å². The van der Waals surface area contributed by atoms with Crippen LogP contribution in [0.5, 0.6) is 0 Å². The number of aliphatic carboxylic acids is 5. The summed E-state index contributed by atoms with van der Waals surface area (Å²) in [6, 6.07) is 0. The van der Waals surface area contributed by atoms with E-state index in [4.69, 9.17) is 77.6 Å². The van der Waals surface area contributed by atoms with E-state index in [2.05, 4.69) is 0 Å². The summed E-state index contributed by atoms with van der Waals surface area (Å²) in [6.45, 7) is 0. The molecule has 212 valence electrons. The molecule has 0 spiro atoms. The van der Waals surface area contributed by atoms with Crippen LogP contribution in [0.4, 0.5) is 0 Å². The third kappa shape index (κ3) is 54.9. The van der Waals surface area contributed by atoms with Crippen LogP contribution in [-0.2, 0) is 38.9 Å². The van der Waals surface area contributed by atoms with Gasteiger partial charge >= 0.3 is 199 Å². The molecule has 2 unspecified atom stereocenters. The zero-order valence-electron chi connectivity index (χ0n) is 15.5. The van der Waals surface area contributed by atoms with Crippen molar-refractivity contribution in [2.75, 3.05) is 0 Å². The molecule has 37 heavy (non-hydrogen) atoms. The van der Waals surface area contributed by atoms with Gasteiger partial charge in [-0.15, -0.1) is 0 Å². The average molecular weight is 707 g/mol. The standard InChI is InChI=1S/C6H8O7.C4H6O6.4Ca.H3O4P.H2O4S.8H/c7-3(8)1-6(13,5(11)12)2-4(9)10;5-1(3(7)8)2(6)4(9)10;;;;;2*1-5(2,3)4;;;;;;;;/h13H,1-2H2,(H,7,8)(H,9,10)(H,11,12);1-2,5-6H,(H,7,8)(H,9,10);;;;;(H3,1,2,3,4);(H2,1,2,3,4);;;;;;;;. The van der Waals surface area contributed by atoms with Crippen LogP contribution in [0.25, 0.3) is 0 Å². The quantitative estimate of drug-likeness (QED) is 0.0633. The number of carboxylic acids is 5. The first-order valence-corrected chi connectivity index (χ1v) is 9.90. The van der Waals surface area contributed by atoms with Gasteiger partial charge in [-0.25, -0.2) is 18.9 Å². The average Bonchev–Trinajstić information content (AvgIpc) is 2.48. The molecule has 2 atom stereocenters. The summed E-state index contributed by atoms with van der Waals surface area (Å²) >= 11 is 0. The second-order valence-electron chi connectivity index (χ2n) is 5.01. The molecule has 0 fully saturated rings. The maximum absolute atomic E-state index is 10.3. The predicted molar refractivity (Wildman–Crippen MR) is 127 cm³/mol. The van der Waals surface area contributed by atoms with Gasteiger partial charge in [-0.05, 0) is 0 Å². The second-order valence-corrected chi connectivity index (χ2v) is 6.93. The molecule has 0 aliphatic rings. The molecule has 0 aliphatic carbocycles. The third-order valence-electron chi connectivity index (χ3n) is 2.09. The van der Waals surface area contributed by atoms with Gasteiger partial charge in [0, 0.05) is 0 Å². The van der Waals surface area contributed by atoms with E-state index in [9.17, 15) is 24.0 Å². The first kappa shape index (κ1) is 58.8. The molecule has 0 aromatic carbocycles. The van der Waals surface area contributed by atoms with Gasteiger partial charge in [-0.3, -0.25) is 18.7 Å². The number of hydrogen-bond acceptors (Lipinski definition) is 11. The fraction of sp³-hybridized carbons (Fsp3) is 0.500. The minimum absolute atomic E-state index is 0. The molecule has 0 radical (unpaired) electrons. The summed E-state index contributed by atoms with van der Waals surface area (Å²) in [5, 5.41) is 66.3. The normalized spacial score (nSPS) is 11.2. The molecule has 0 saturated heterocycles. The Labute approximate surface area is 325 Å². The van der Waals surface area contributed by atoms with Gasteiger partial charge < -0.3 is 55.5 Å². The monoisotopic (exact) mass is 706 g/mol. The van der Waals surface area contributed by atoms with Gasteiger partial charge in [-0.1, -0.05) is 0 Å². The van der Waals surface area contributed by atoms with Crippen molar-refractivity contribution in [3.63, 3.8) is 0 Å². The van der Waals surface area contributed by atoms with E-state index in [1.165, 1.54) is 0 Å². The van der Waals surface area contributed by atoms with E-state index in [0.717, 1.165) is 0 Å². The van der Waals surface area contributed by atoms with Gasteiger partial charge in [0.2, 0.25) is 0 Å². The van der Waals surface area contributed by atoms with Crippen molar-refractivity contribution >= 4 is 199 Å². The summed E-state index contributed by atoms with van der Waals surface area (Å²) in [5.74, 6) is -8.56. The number of carbonyl (C=O) groups is 5. The van der Waals surface area contributed by atoms with Gasteiger partial charge in [0.25, 0.3) is 0 Å². The molecule has 0 aromatic heterocycles. The van der Waals surface area contributed by atoms with Gasteiger partial charge in [0.05, 0.1) is 12.8 Å². The van der Waals surface area contributed by atoms with Gasteiger partial charge in [0.1, 0.15) is 0 Å². The van der Waals surface area contributed by atoms with Gasteiger partial charge in [-0.2, -0.15) is 8.42 Å². The maximum atomic E-state index is 10.3. The summed E-state index contributed by atoms with van der Waals surface area (Å²) < 4.78 is 40.5. The van der Waals surface area contributed by atoms with E-state index >= 15 is 0 Å². The summed E-state index contributed by atoms with van der Waals surface area (Å²) in [7, 11) is -9.31. The zero-order valence-corrected chi connectivity index (χ0v) is 17.2. The third-order valence-corrected chi connectivity index (χ3v) is 2.09. The first-order chi connectivity index (χ1) is 14.2. The Morgan fingerprint density at radius 1 is 0.676 bits per heavy atom. The minimum atomic E-state index is -4.67. The van der Waals surface area contributed by atoms with Crippen LogP contribution in [0.2, 0.25) is 0 Å². The van der Waals surface area contributed by atoms with Crippen molar-refractivity contribution < 1.29 is 102 Å². The molecule has 0 heterocycles. The number of hydrogen-bond donors (Lipinski definition) is 13. The van der Waals surface area contributed by atoms with Crippen molar-refractivity contribution in [2.24, 2.45) is 0 Å². The predicted octanol–water partition coefficient (Wildman–Crippen LogP) is -8.62. The fourth-order valence-corrected chi connectivity index (χ4v) is 0.984. The number of aliphatic hydroxyl groups excluding tert-OH is 2. The van der Waals surface area contributed by atoms with Gasteiger partial charge in [0.15, 0.2) is 17.8 Å². The van der Waals surface area contributed by atoms with Crippen LogP contribution < -0.4 is 0 Å². The van der Waals surface area contributed by atoms with Crippen molar-refractivity contribution in [1.29, 1.82) is 0 Å². The summed E-state index contributed by atoms with van der Waals surface area (Å²) in [4.78, 5) is 71.6. The van der Waals surface area contributed by atoms with Crippen molar-refractivity contribution in [3.8, 4) is 0 Å². The number of carboxylic acid groups (broad SMARTS) is 5. The van der Waals surface area contributed by atoms with E-state index in [1.807, 2.05) is 0 Å². The van der Waals surface area contributed by atoms with Crippen molar-refractivity contribution in [3.05, 3.63) is 0 Å². The molecular weight excluding hydrogens is 679 g/mol. The van der Waals surface area contributed by atoms with E-state index in [-0.39, 0.29) is 151 Å². The van der Waals surface area contributed by atoms with E-state index in [0.29, 0.717) is 0 Å². The van der Waals surface area contributed by atoms with Crippen LogP contribution in [0.3, 0.4) is 0 Å². The van der Waals surface area contributed by atoms with Crippen LogP contribution in [0.15, 0.2) is 0 Å². The number of phosphoric acid groups is 1.